The fourth-order valence-corrected chi connectivity index (χ4v) is 1.13. The summed E-state index contributed by atoms with van der Waals surface area (Å²) < 4.78 is 0. The lowest BCUT2D eigenvalue weighted by Crippen LogP contribution is -3.00. The van der Waals surface area contributed by atoms with Crippen LogP contribution in [0.15, 0.2) is 44.7 Å². The maximum atomic E-state index is 10.9. The van der Waals surface area contributed by atoms with E-state index in [-0.39, 0.29) is 23.7 Å². The SMILES string of the molecule is O=C(O)c1ccccc1N=NC1=NN=C[NH2+]1.[Cl-]. The van der Waals surface area contributed by atoms with Gasteiger partial charge in [-0.15, -0.1) is 5.11 Å². The van der Waals surface area contributed by atoms with Gasteiger partial charge < -0.3 is 17.5 Å². The molecule has 0 amide bonds. The number of nitrogens with two attached hydrogens (primary N) is 1. The molecule has 1 heterocycles. The Kier molecular flexibility index (Phi) is 4.44. The number of carboxylic acid groups (broad SMARTS) is 1. The molecule has 3 N–H and O–H groups in total. The van der Waals surface area contributed by atoms with E-state index in [9.17, 15) is 4.79 Å². The van der Waals surface area contributed by atoms with Gasteiger partial charge >= 0.3 is 11.9 Å². The number of halogens is 1. The Morgan fingerprint density at radius 3 is 2.71 bits per heavy atom. The molecule has 0 bridgehead atoms. The summed E-state index contributed by atoms with van der Waals surface area (Å²) in [5.74, 6) is -0.691. The number of quaternary nitrogens is 1. The van der Waals surface area contributed by atoms with Crippen molar-refractivity contribution in [1.29, 1.82) is 0 Å². The van der Waals surface area contributed by atoms with E-state index in [1.807, 2.05) is 0 Å². The Morgan fingerprint density at radius 1 is 1.29 bits per heavy atom. The van der Waals surface area contributed by atoms with E-state index in [4.69, 9.17) is 5.11 Å². The Labute approximate surface area is 102 Å². The van der Waals surface area contributed by atoms with Crippen molar-refractivity contribution in [3.05, 3.63) is 29.8 Å². The van der Waals surface area contributed by atoms with Gasteiger partial charge in [0.1, 0.15) is 5.69 Å². The summed E-state index contributed by atoms with van der Waals surface area (Å²) in [6.07, 6.45) is 1.48. The van der Waals surface area contributed by atoms with E-state index in [0.29, 0.717) is 5.96 Å². The molecule has 0 saturated heterocycles. The number of nitrogens with zero attached hydrogens (tertiary/aromatic N) is 4. The Balaban J connectivity index is 0.00000144. The quantitative estimate of drug-likeness (QED) is 0.562. The molecular formula is C9H8ClN5O2. The third kappa shape index (κ3) is 3.16. The van der Waals surface area contributed by atoms with Gasteiger partial charge in [0.25, 0.3) is 0 Å². The van der Waals surface area contributed by atoms with Crippen LogP contribution in [0.2, 0.25) is 0 Å². The van der Waals surface area contributed by atoms with Gasteiger partial charge in [0, 0.05) is 0 Å². The van der Waals surface area contributed by atoms with Gasteiger partial charge in [-0.05, 0) is 12.1 Å². The van der Waals surface area contributed by atoms with Crippen LogP contribution >= 0.6 is 0 Å². The van der Waals surface area contributed by atoms with E-state index < -0.39 is 5.97 Å². The Hall–Kier alpha value is -2.12. The zero-order valence-corrected chi connectivity index (χ0v) is 9.24. The van der Waals surface area contributed by atoms with Crippen molar-refractivity contribution < 1.29 is 27.6 Å². The summed E-state index contributed by atoms with van der Waals surface area (Å²) in [6, 6.07) is 6.36. The summed E-state index contributed by atoms with van der Waals surface area (Å²) in [4.78, 5) is 10.9. The molecule has 2 rings (SSSR count). The van der Waals surface area contributed by atoms with Crippen molar-refractivity contribution in [2.45, 2.75) is 0 Å². The lowest BCUT2D eigenvalue weighted by molar-refractivity contribution is -0.394. The van der Waals surface area contributed by atoms with Crippen molar-refractivity contribution in [2.75, 3.05) is 0 Å². The van der Waals surface area contributed by atoms with Crippen molar-refractivity contribution in [2.24, 2.45) is 20.4 Å². The molecule has 0 saturated carbocycles. The number of carbonyl (C=O) groups is 1. The van der Waals surface area contributed by atoms with Crippen LogP contribution in [0.5, 0.6) is 0 Å². The standard InChI is InChI=1S/C9H7N5O2.ClH/c15-8(16)6-3-1-2-4-7(6)12-14-9-10-5-11-13-9;/h1-5H,(H,15,16)(H,10,11,13);1H. The van der Waals surface area contributed by atoms with Crippen LogP contribution in [-0.2, 0) is 0 Å². The molecule has 8 heteroatoms. The summed E-state index contributed by atoms with van der Waals surface area (Å²) in [5.41, 5.74) is 0.392. The van der Waals surface area contributed by atoms with Gasteiger partial charge in [-0.3, -0.25) is 0 Å². The van der Waals surface area contributed by atoms with E-state index >= 15 is 0 Å². The molecule has 1 aromatic carbocycles. The fourth-order valence-electron chi connectivity index (χ4n) is 1.13. The van der Waals surface area contributed by atoms with Gasteiger partial charge in [-0.1, -0.05) is 27.4 Å². The highest BCUT2D eigenvalue weighted by Gasteiger charge is 2.10. The van der Waals surface area contributed by atoms with Crippen LogP contribution < -0.4 is 17.7 Å². The molecule has 0 fully saturated rings. The molecule has 1 aliphatic heterocycles. The lowest BCUT2D eigenvalue weighted by Gasteiger charge is -1.97. The minimum absolute atomic E-state index is 0. The maximum absolute atomic E-state index is 10.9. The van der Waals surface area contributed by atoms with Crippen molar-refractivity contribution >= 4 is 24.0 Å². The molecule has 0 spiro atoms. The van der Waals surface area contributed by atoms with E-state index in [1.165, 1.54) is 12.4 Å². The summed E-state index contributed by atoms with van der Waals surface area (Å²) in [6.45, 7) is 0. The minimum atomic E-state index is -1.04. The Morgan fingerprint density at radius 2 is 2.06 bits per heavy atom. The number of hydrogen-bond acceptors (Lipinski definition) is 5. The van der Waals surface area contributed by atoms with Gasteiger partial charge in [0.15, 0.2) is 0 Å². The predicted octanol–water partition coefficient (Wildman–Crippen LogP) is -2.65. The second kappa shape index (κ2) is 5.83. The number of benzene rings is 1. The highest BCUT2D eigenvalue weighted by atomic mass is 35.5. The van der Waals surface area contributed by atoms with Crippen LogP contribution in [0, 0.1) is 0 Å². The normalized spacial score (nSPS) is 13.5. The van der Waals surface area contributed by atoms with E-state index in [0.717, 1.165) is 0 Å². The first-order valence-corrected chi connectivity index (χ1v) is 4.46. The molecule has 0 radical (unpaired) electrons. The van der Waals surface area contributed by atoms with E-state index in [2.05, 4.69) is 20.4 Å². The van der Waals surface area contributed by atoms with E-state index in [1.54, 1.807) is 23.5 Å². The van der Waals surface area contributed by atoms with Crippen LogP contribution in [0.3, 0.4) is 0 Å². The summed E-state index contributed by atoms with van der Waals surface area (Å²) in [5, 5.41) is 25.3. The molecule has 0 unspecified atom stereocenters. The topological polar surface area (TPSA) is 103 Å². The first kappa shape index (κ1) is 12.9. The van der Waals surface area contributed by atoms with Gasteiger partial charge in [-0.25, -0.2) is 10.1 Å². The van der Waals surface area contributed by atoms with Crippen molar-refractivity contribution in [1.82, 2.24) is 0 Å². The molecule has 0 aliphatic carbocycles. The summed E-state index contributed by atoms with van der Waals surface area (Å²) in [7, 11) is 0. The lowest BCUT2D eigenvalue weighted by atomic mass is 10.2. The first-order valence-electron chi connectivity index (χ1n) is 4.46. The number of guanidine groups is 1. The fraction of sp³-hybridized carbons (Fsp3) is 0. The number of rotatable bonds is 2. The smallest absolute Gasteiger partial charge is 0.369 e. The van der Waals surface area contributed by atoms with Crippen molar-refractivity contribution in [3.8, 4) is 0 Å². The zero-order chi connectivity index (χ0) is 11.4. The molecule has 88 valence electrons. The molecule has 7 nitrogen and oxygen atoms in total. The zero-order valence-electron chi connectivity index (χ0n) is 8.49. The molecule has 1 aliphatic rings. The summed E-state index contributed by atoms with van der Waals surface area (Å²) >= 11 is 0. The van der Waals surface area contributed by atoms with Crippen LogP contribution in [0.1, 0.15) is 10.4 Å². The van der Waals surface area contributed by atoms with Crippen molar-refractivity contribution in [3.63, 3.8) is 0 Å². The minimum Gasteiger partial charge on any atom is -1.00 e. The van der Waals surface area contributed by atoms with Gasteiger partial charge in [0.05, 0.1) is 5.56 Å². The second-order valence-electron chi connectivity index (χ2n) is 2.91. The monoisotopic (exact) mass is 253 g/mol. The molecular weight excluding hydrogens is 246 g/mol. The number of azo groups is 1. The molecule has 17 heavy (non-hydrogen) atoms. The largest absolute Gasteiger partial charge is 1.00 e. The number of carboxylic acids is 1. The van der Waals surface area contributed by atoms with Crippen LogP contribution in [0.4, 0.5) is 5.69 Å². The molecule has 1 aromatic rings. The van der Waals surface area contributed by atoms with Crippen LogP contribution in [0.25, 0.3) is 0 Å². The molecule has 0 aromatic heterocycles. The third-order valence-corrected chi connectivity index (χ3v) is 1.85. The first-order chi connectivity index (χ1) is 7.77. The van der Waals surface area contributed by atoms with Gasteiger partial charge in [-0.2, -0.15) is 0 Å². The van der Waals surface area contributed by atoms with Gasteiger partial charge in [0.2, 0.25) is 6.34 Å². The number of hydrogen-bond donors (Lipinski definition) is 2. The molecule has 0 atom stereocenters. The maximum Gasteiger partial charge on any atom is 0.369 e. The average molecular weight is 254 g/mol. The average Bonchev–Trinajstić information content (AvgIpc) is 2.79. The second-order valence-corrected chi connectivity index (χ2v) is 2.91. The third-order valence-electron chi connectivity index (χ3n) is 1.85. The highest BCUT2D eigenvalue weighted by molar-refractivity contribution is 5.93. The highest BCUT2D eigenvalue weighted by Crippen LogP contribution is 2.18. The van der Waals surface area contributed by atoms with Crippen LogP contribution in [-0.4, -0.2) is 23.4 Å². The Bertz CT molecular complexity index is 512. The predicted molar refractivity (Wildman–Crippen MR) is 55.8 cm³/mol. The number of aromatic carboxylic acids is 1.